The number of unbranched alkanes of at least 4 members (excludes halogenated alkanes) is 1. The van der Waals surface area contributed by atoms with Gasteiger partial charge in [-0.15, -0.1) is 0 Å². The minimum atomic E-state index is -10.7. The van der Waals surface area contributed by atoms with E-state index in [1.807, 2.05) is 133 Å². The first-order valence-electron chi connectivity index (χ1n) is 24.3. The first-order valence-corrected chi connectivity index (χ1v) is 33.3. The maximum absolute atomic E-state index is 12.1. The molecule has 0 unspecified atom stereocenters. The number of para-hydroxylation sites is 2. The zero-order valence-corrected chi connectivity index (χ0v) is 48.4. The van der Waals surface area contributed by atoms with E-state index in [-0.39, 0.29) is 48.2 Å². The summed E-state index contributed by atoms with van der Waals surface area (Å²) < 4.78 is 140. The molecule has 0 saturated carbocycles. The van der Waals surface area contributed by atoms with Crippen LogP contribution in [0.3, 0.4) is 0 Å². The van der Waals surface area contributed by atoms with Crippen LogP contribution in [-0.4, -0.2) is 50.9 Å². The van der Waals surface area contributed by atoms with Gasteiger partial charge in [0.25, 0.3) is 0 Å². The van der Waals surface area contributed by atoms with E-state index in [1.54, 1.807) is 0 Å². The van der Waals surface area contributed by atoms with Gasteiger partial charge in [0.05, 0.1) is 54.6 Å². The Labute approximate surface area is 480 Å². The average molecular weight is 1260 g/mol. The summed E-state index contributed by atoms with van der Waals surface area (Å²) in [5.41, 5.74) is 3.85. The maximum Gasteiger partial charge on any atom is 0.344 e. The van der Waals surface area contributed by atoms with Crippen LogP contribution in [0.25, 0.3) is 22.3 Å². The number of hydrogen-bond donors (Lipinski definition) is 0. The van der Waals surface area contributed by atoms with Gasteiger partial charge in [-0.3, -0.25) is 0 Å². The molecule has 8 aromatic rings. The monoisotopic (exact) mass is 1260 g/mol. The number of halogens is 12. The van der Waals surface area contributed by atoms with Crippen molar-refractivity contribution in [2.45, 2.75) is 52.0 Å². The van der Waals surface area contributed by atoms with Crippen molar-refractivity contribution in [1.29, 1.82) is 0 Å². The van der Waals surface area contributed by atoms with E-state index in [1.165, 1.54) is 39.2 Å². The van der Waals surface area contributed by atoms with Gasteiger partial charge < -0.3 is 18.9 Å². The third-order valence-electron chi connectivity index (χ3n) is 10.9. The molecule has 2 aliphatic heterocycles. The van der Waals surface area contributed by atoms with Gasteiger partial charge in [0, 0.05) is 11.1 Å². The SMILES string of the molecule is C[S+]1c2ccccc2Sc2ccccc21.C[S+]1c2ccccc2Sc2ccccc21.F[P-](F)(F)(F)(F)F.F[P-](F)(F)(F)(F)F.O=C(COc1ccccc1-c1ccccc1)OCCCCOC(=O)COc1ccccc1-c1ccccc1. The minimum absolute atomic E-state index is 0.180. The average Bonchev–Trinajstić information content (AvgIpc) is 2.99. The summed E-state index contributed by atoms with van der Waals surface area (Å²) in [6, 6.07) is 69.7. The molecule has 0 aliphatic carbocycles. The normalized spacial score (nSPS) is 14.1. The van der Waals surface area contributed by atoms with E-state index in [0.717, 1.165) is 22.3 Å². The molecule has 0 spiro atoms. The van der Waals surface area contributed by atoms with Gasteiger partial charge in [-0.25, -0.2) is 9.59 Å². The molecule has 0 aromatic heterocycles. The van der Waals surface area contributed by atoms with Crippen LogP contribution in [0.2, 0.25) is 0 Å². The van der Waals surface area contributed by atoms with Crippen LogP contribution in [0.4, 0.5) is 50.4 Å². The molecule has 2 aliphatic rings. The Balaban J connectivity index is 0.000000199. The van der Waals surface area contributed by atoms with Crippen molar-refractivity contribution in [3.05, 3.63) is 206 Å². The van der Waals surface area contributed by atoms with E-state index < -0.39 is 27.6 Å². The quantitative estimate of drug-likeness (QED) is 0.0372. The third kappa shape index (κ3) is 24.3. The molecule has 82 heavy (non-hydrogen) atoms. The molecule has 438 valence electrons. The van der Waals surface area contributed by atoms with Crippen molar-refractivity contribution in [3.63, 3.8) is 0 Å². The van der Waals surface area contributed by atoms with Crippen molar-refractivity contribution in [3.8, 4) is 33.8 Å². The molecule has 8 aromatic carbocycles. The van der Waals surface area contributed by atoms with Gasteiger partial charge in [-0.1, -0.05) is 169 Å². The summed E-state index contributed by atoms with van der Waals surface area (Å²) in [6.45, 7) is 0.0866. The van der Waals surface area contributed by atoms with Crippen LogP contribution in [0.5, 0.6) is 11.5 Å². The van der Waals surface area contributed by atoms with Crippen molar-refractivity contribution in [2.75, 3.05) is 38.9 Å². The largest absolute Gasteiger partial charge is 0.481 e. The van der Waals surface area contributed by atoms with Crippen LogP contribution in [-0.2, 0) is 40.9 Å². The predicted molar refractivity (Wildman–Crippen MR) is 307 cm³/mol. The van der Waals surface area contributed by atoms with Crippen LogP contribution < -0.4 is 9.47 Å². The fraction of sp³-hybridized carbons (Fsp3) is 0.138. The van der Waals surface area contributed by atoms with Crippen LogP contribution in [0, 0.1) is 0 Å². The van der Waals surface area contributed by atoms with Gasteiger partial charge in [0.2, 0.25) is 0 Å². The summed E-state index contributed by atoms with van der Waals surface area (Å²) >= 11 is 3.79. The second-order valence-electron chi connectivity index (χ2n) is 17.4. The zero-order chi connectivity index (χ0) is 59.7. The Bertz CT molecular complexity index is 3090. The molecular formula is C58H52F12O6P2S4. The van der Waals surface area contributed by atoms with Gasteiger partial charge in [-0.2, -0.15) is 0 Å². The predicted octanol–water partition coefficient (Wildman–Crippen LogP) is 20.7. The van der Waals surface area contributed by atoms with Crippen LogP contribution >= 0.6 is 39.1 Å². The van der Waals surface area contributed by atoms with Gasteiger partial charge in [-0.05, 0) is 84.6 Å². The van der Waals surface area contributed by atoms with Gasteiger partial charge in [0.1, 0.15) is 24.0 Å². The zero-order valence-electron chi connectivity index (χ0n) is 43.4. The molecule has 24 heteroatoms. The molecule has 0 atom stereocenters. The second kappa shape index (κ2) is 26.5. The summed E-state index contributed by atoms with van der Waals surface area (Å²) in [7, 11) is -20.8. The fourth-order valence-electron chi connectivity index (χ4n) is 7.45. The Morgan fingerprint density at radius 3 is 0.902 bits per heavy atom. The second-order valence-corrected chi connectivity index (χ2v) is 27.2. The van der Waals surface area contributed by atoms with E-state index in [4.69, 9.17) is 18.9 Å². The molecule has 10 rings (SSSR count). The van der Waals surface area contributed by atoms with Crippen molar-refractivity contribution < 1.29 is 78.9 Å². The van der Waals surface area contributed by atoms with Gasteiger partial charge >= 0.3 is 77.9 Å². The molecule has 0 saturated heterocycles. The number of rotatable bonds is 13. The van der Waals surface area contributed by atoms with Gasteiger partial charge in [0.15, 0.2) is 32.8 Å². The fourth-order valence-corrected chi connectivity index (χ4v) is 14.3. The third-order valence-corrected chi connectivity index (χ3v) is 17.7. The van der Waals surface area contributed by atoms with Crippen LogP contribution in [0.1, 0.15) is 12.8 Å². The standard InChI is InChI=1S/C32H30O6.2C13H11S2.2F6P/c33-31(23-37-29-19-9-7-17-27(29)25-13-3-1-4-14-25)35-21-11-12-22-36-32(34)24-38-30-20-10-8-18-28(30)26-15-5-2-6-16-26;2*1-15-12-8-4-2-6-10(12)14-11-7-3-5-9-13(11)15;2*1-7(2,3,4,5)6/h1-10,13-20H,11-12,21-24H2;2*2-9H,1H3;;/q;2*+1;2*-1. The number of ether oxygens (including phenoxy) is 4. The minimum Gasteiger partial charge on any atom is -0.481 e. The number of hydrogen-bond acceptors (Lipinski definition) is 8. The van der Waals surface area contributed by atoms with E-state index >= 15 is 0 Å². The summed E-state index contributed by atoms with van der Waals surface area (Å²) in [6.07, 6.45) is 5.77. The van der Waals surface area contributed by atoms with Crippen molar-refractivity contribution >= 4 is 72.9 Å². The molecule has 0 radical (unpaired) electrons. The Morgan fingerprint density at radius 1 is 0.366 bits per heavy atom. The molecular weight excluding hydrogens is 1210 g/mol. The maximum atomic E-state index is 12.1. The molecule has 0 amide bonds. The van der Waals surface area contributed by atoms with E-state index in [0.29, 0.717) is 24.3 Å². The number of carbonyl (C=O) groups is 2. The molecule has 0 fully saturated rings. The molecule has 2 heterocycles. The molecule has 6 nitrogen and oxygen atoms in total. The summed E-state index contributed by atoms with van der Waals surface area (Å²) in [5.74, 6) is 0.345. The topological polar surface area (TPSA) is 71.1 Å². The smallest absolute Gasteiger partial charge is 0.344 e. The number of esters is 2. The first kappa shape index (κ1) is 64.9. The molecule has 0 bridgehead atoms. The summed E-state index contributed by atoms with van der Waals surface area (Å²) in [4.78, 5) is 35.8. The summed E-state index contributed by atoms with van der Waals surface area (Å²) in [5, 5.41) is 0. The van der Waals surface area contributed by atoms with Crippen LogP contribution in [0.15, 0.2) is 245 Å². The molecule has 0 N–H and O–H groups in total. The Morgan fingerprint density at radius 2 is 0.610 bits per heavy atom. The van der Waals surface area contributed by atoms with E-state index in [2.05, 4.69) is 110 Å². The first-order chi connectivity index (χ1) is 38.3. The number of benzene rings is 8. The van der Waals surface area contributed by atoms with E-state index in [9.17, 15) is 60.0 Å². The van der Waals surface area contributed by atoms with Crippen molar-refractivity contribution in [2.24, 2.45) is 0 Å². The van der Waals surface area contributed by atoms with Crippen molar-refractivity contribution in [1.82, 2.24) is 0 Å². The number of carbonyl (C=O) groups excluding carboxylic acids is 2. The number of fused-ring (bicyclic) bond motifs is 4. The Kier molecular flexibility index (Phi) is 21.0. The Hall–Kier alpha value is -6.28.